The van der Waals surface area contributed by atoms with Crippen molar-refractivity contribution in [2.75, 3.05) is 11.9 Å². The number of hydrogen-bond donors (Lipinski definition) is 2. The van der Waals surface area contributed by atoms with E-state index >= 15 is 0 Å². The number of benzene rings is 2. The Kier molecular flexibility index (Phi) is 8.65. The number of hydrogen-bond acceptors (Lipinski definition) is 7. The number of oxime groups is 1. The molecule has 1 aliphatic rings. The Morgan fingerprint density at radius 1 is 1.12 bits per heavy atom. The molecule has 174 valence electrons. The van der Waals surface area contributed by atoms with Gasteiger partial charge in [-0.1, -0.05) is 47.1 Å². The first-order valence-corrected chi connectivity index (χ1v) is 10.8. The van der Waals surface area contributed by atoms with E-state index in [-0.39, 0.29) is 19.6 Å². The molecule has 2 amide bonds. The van der Waals surface area contributed by atoms with Crippen molar-refractivity contribution < 1.29 is 28.7 Å². The fraction of sp³-hybridized carbons (Fsp3) is 0.304. The van der Waals surface area contributed by atoms with Crippen LogP contribution in [0.5, 0.6) is 0 Å². The summed E-state index contributed by atoms with van der Waals surface area (Å²) in [5, 5.41) is 9.26. The van der Waals surface area contributed by atoms with Crippen LogP contribution in [0.3, 0.4) is 0 Å². The van der Waals surface area contributed by atoms with Crippen LogP contribution in [0.1, 0.15) is 35.7 Å². The van der Waals surface area contributed by atoms with Gasteiger partial charge in [-0.3, -0.25) is 4.79 Å². The molecule has 2 N–H and O–H groups in total. The highest BCUT2D eigenvalue weighted by atomic mass is 35.5. The van der Waals surface area contributed by atoms with Crippen LogP contribution < -0.4 is 10.6 Å². The highest BCUT2D eigenvalue weighted by molar-refractivity contribution is 6.65. The lowest BCUT2D eigenvalue weighted by molar-refractivity contribution is -0.119. The van der Waals surface area contributed by atoms with E-state index < -0.39 is 30.1 Å². The molecule has 0 saturated heterocycles. The summed E-state index contributed by atoms with van der Waals surface area (Å²) in [7, 11) is 0. The molecule has 2 unspecified atom stereocenters. The van der Waals surface area contributed by atoms with Crippen LogP contribution in [0.2, 0.25) is 0 Å². The Balaban J connectivity index is 1.61. The Morgan fingerprint density at radius 3 is 2.48 bits per heavy atom. The molecule has 9 nitrogen and oxygen atoms in total. The smallest absolute Gasteiger partial charge is 0.408 e. The largest absolute Gasteiger partial charge is 0.462 e. The minimum absolute atomic E-state index is 0.0607. The molecular formula is C23H24ClN3O6. The molecule has 1 aliphatic heterocycles. The summed E-state index contributed by atoms with van der Waals surface area (Å²) in [6, 6.07) is 14.4. The summed E-state index contributed by atoms with van der Waals surface area (Å²) in [5.74, 6) is -0.937. The molecule has 2 atom stereocenters. The van der Waals surface area contributed by atoms with E-state index in [1.54, 1.807) is 19.1 Å². The normalized spacial score (nSPS) is 15.6. The van der Waals surface area contributed by atoms with Crippen molar-refractivity contribution in [2.45, 2.75) is 38.5 Å². The molecule has 10 heteroatoms. The third-order valence-electron chi connectivity index (χ3n) is 4.68. The van der Waals surface area contributed by atoms with Gasteiger partial charge in [-0.2, -0.15) is 0 Å². The molecule has 33 heavy (non-hydrogen) atoms. The third-order valence-corrected chi connectivity index (χ3v) is 4.90. The number of amides is 2. The van der Waals surface area contributed by atoms with Crippen molar-refractivity contribution in [3.63, 3.8) is 0 Å². The van der Waals surface area contributed by atoms with Gasteiger partial charge in [0.15, 0.2) is 0 Å². The SMILES string of the molecule is CCOC(=O)c1ccc(NC(=O)C(CC2CC(Cl)=NO2)NC(=O)OCc2ccccc2)cc1. The summed E-state index contributed by atoms with van der Waals surface area (Å²) in [6.07, 6.45) is -0.747. The predicted molar refractivity (Wildman–Crippen MR) is 122 cm³/mol. The number of carbonyl (C=O) groups excluding carboxylic acids is 3. The zero-order chi connectivity index (χ0) is 23.6. The molecule has 2 aromatic rings. The van der Waals surface area contributed by atoms with Gasteiger partial charge in [0.2, 0.25) is 5.91 Å². The van der Waals surface area contributed by atoms with Crippen molar-refractivity contribution in [3.8, 4) is 0 Å². The number of anilines is 1. The molecule has 2 aromatic carbocycles. The van der Waals surface area contributed by atoms with E-state index in [9.17, 15) is 14.4 Å². The highest BCUT2D eigenvalue weighted by Gasteiger charge is 2.30. The minimum atomic E-state index is -0.972. The van der Waals surface area contributed by atoms with Crippen LogP contribution >= 0.6 is 11.6 Å². The Bertz CT molecular complexity index is 997. The van der Waals surface area contributed by atoms with Gasteiger partial charge in [-0.05, 0) is 36.8 Å². The molecule has 0 aromatic heterocycles. The maximum absolute atomic E-state index is 12.9. The predicted octanol–water partition coefficient (Wildman–Crippen LogP) is 3.83. The number of nitrogens with zero attached hydrogens (tertiary/aromatic N) is 1. The number of alkyl carbamates (subject to hydrolysis) is 1. The Labute approximate surface area is 196 Å². The Morgan fingerprint density at radius 2 is 1.85 bits per heavy atom. The molecule has 0 bridgehead atoms. The number of nitrogens with one attached hydrogen (secondary N) is 2. The van der Waals surface area contributed by atoms with Crippen LogP contribution in [0.25, 0.3) is 0 Å². The summed E-state index contributed by atoms with van der Waals surface area (Å²) in [5.41, 5.74) is 1.62. The maximum atomic E-state index is 12.9. The first-order chi connectivity index (χ1) is 15.9. The first kappa shape index (κ1) is 24.1. The quantitative estimate of drug-likeness (QED) is 0.535. The standard InChI is InChI=1S/C23H24ClN3O6/c1-2-31-22(29)16-8-10-17(11-9-16)25-21(28)19(12-18-13-20(24)27-33-18)26-23(30)32-14-15-6-4-3-5-7-15/h3-11,18-19H,2,12-14H2,1H3,(H,25,28)(H,26,30). The molecule has 1 heterocycles. The zero-order valence-electron chi connectivity index (χ0n) is 18.0. The number of ether oxygens (including phenoxy) is 2. The van der Waals surface area contributed by atoms with E-state index in [4.69, 9.17) is 25.9 Å². The van der Waals surface area contributed by atoms with Gasteiger partial charge in [0.1, 0.15) is 23.9 Å². The fourth-order valence-electron chi connectivity index (χ4n) is 3.06. The van der Waals surface area contributed by atoms with Crippen LogP contribution in [0.4, 0.5) is 10.5 Å². The molecule has 0 aliphatic carbocycles. The molecule has 0 radical (unpaired) electrons. The topological polar surface area (TPSA) is 115 Å². The second-order valence-electron chi connectivity index (χ2n) is 7.18. The van der Waals surface area contributed by atoms with Gasteiger partial charge >= 0.3 is 12.1 Å². The van der Waals surface area contributed by atoms with Crippen LogP contribution in [0, 0.1) is 0 Å². The molecule has 0 saturated carbocycles. The maximum Gasteiger partial charge on any atom is 0.408 e. The van der Waals surface area contributed by atoms with Gasteiger partial charge in [-0.15, -0.1) is 0 Å². The lowest BCUT2D eigenvalue weighted by Gasteiger charge is -2.20. The van der Waals surface area contributed by atoms with Crippen molar-refractivity contribution in [2.24, 2.45) is 5.16 Å². The average molecular weight is 474 g/mol. The van der Waals surface area contributed by atoms with Gasteiger partial charge in [0.25, 0.3) is 0 Å². The van der Waals surface area contributed by atoms with E-state index in [0.29, 0.717) is 22.8 Å². The third kappa shape index (κ3) is 7.50. The van der Waals surface area contributed by atoms with Gasteiger partial charge in [-0.25, -0.2) is 9.59 Å². The van der Waals surface area contributed by atoms with E-state index in [2.05, 4.69) is 15.8 Å². The Hall–Kier alpha value is -3.59. The average Bonchev–Trinajstić information content (AvgIpc) is 3.23. The van der Waals surface area contributed by atoms with Crippen LogP contribution in [-0.4, -0.2) is 41.9 Å². The van der Waals surface area contributed by atoms with Gasteiger partial charge < -0.3 is 24.9 Å². The number of rotatable bonds is 9. The second kappa shape index (κ2) is 11.9. The van der Waals surface area contributed by atoms with Crippen molar-refractivity contribution in [3.05, 3.63) is 65.7 Å². The van der Waals surface area contributed by atoms with E-state index in [1.165, 1.54) is 12.1 Å². The molecule has 0 fully saturated rings. The summed E-state index contributed by atoms with van der Waals surface area (Å²) < 4.78 is 10.2. The summed E-state index contributed by atoms with van der Waals surface area (Å²) in [4.78, 5) is 42.2. The molecule has 0 spiro atoms. The van der Waals surface area contributed by atoms with Crippen molar-refractivity contribution in [1.82, 2.24) is 5.32 Å². The highest BCUT2D eigenvalue weighted by Crippen LogP contribution is 2.19. The molecular weight excluding hydrogens is 450 g/mol. The zero-order valence-corrected chi connectivity index (χ0v) is 18.7. The first-order valence-electron chi connectivity index (χ1n) is 10.4. The lowest BCUT2D eigenvalue weighted by atomic mass is 10.1. The fourth-order valence-corrected chi connectivity index (χ4v) is 3.27. The van der Waals surface area contributed by atoms with Crippen LogP contribution in [-0.2, 0) is 25.7 Å². The van der Waals surface area contributed by atoms with Crippen molar-refractivity contribution >= 4 is 40.4 Å². The second-order valence-corrected chi connectivity index (χ2v) is 7.62. The number of halogens is 1. The minimum Gasteiger partial charge on any atom is -0.462 e. The summed E-state index contributed by atoms with van der Waals surface area (Å²) >= 11 is 5.86. The van der Waals surface area contributed by atoms with Crippen molar-refractivity contribution in [1.29, 1.82) is 0 Å². The van der Waals surface area contributed by atoms with E-state index in [1.807, 2.05) is 30.3 Å². The van der Waals surface area contributed by atoms with Gasteiger partial charge in [0.05, 0.1) is 12.2 Å². The van der Waals surface area contributed by atoms with Crippen LogP contribution in [0.15, 0.2) is 59.8 Å². The van der Waals surface area contributed by atoms with E-state index in [0.717, 1.165) is 5.56 Å². The molecule has 3 rings (SSSR count). The lowest BCUT2D eigenvalue weighted by Crippen LogP contribution is -2.45. The summed E-state index contributed by atoms with van der Waals surface area (Å²) in [6.45, 7) is 2.05. The number of esters is 1. The number of carbonyl (C=O) groups is 3. The monoisotopic (exact) mass is 473 g/mol. The van der Waals surface area contributed by atoms with Gasteiger partial charge in [0, 0.05) is 18.5 Å².